The molecule has 0 aromatic heterocycles. The van der Waals surface area contributed by atoms with Crippen molar-refractivity contribution >= 4 is 40.8 Å². The molecule has 0 unspecified atom stereocenters. The van der Waals surface area contributed by atoms with Crippen molar-refractivity contribution in [2.75, 3.05) is 16.3 Å². The van der Waals surface area contributed by atoms with E-state index in [1.54, 1.807) is 9.80 Å². The first-order valence-electron chi connectivity index (χ1n) is 14.1. The first-order chi connectivity index (χ1) is 20.4. The lowest BCUT2D eigenvalue weighted by molar-refractivity contribution is -0.147. The van der Waals surface area contributed by atoms with Crippen LogP contribution in [-0.2, 0) is 4.79 Å². The van der Waals surface area contributed by atoms with Crippen molar-refractivity contribution in [2.24, 2.45) is 0 Å². The smallest absolute Gasteiger partial charge is 0.329 e. The second kappa shape index (κ2) is 12.6. The zero-order valence-corrected chi connectivity index (χ0v) is 23.7. The summed E-state index contributed by atoms with van der Waals surface area (Å²) in [6.45, 7) is 3.76. The number of amides is 4. The molecular formula is C34H34N4O4. The minimum atomic E-state index is -1.26. The van der Waals surface area contributed by atoms with Crippen molar-refractivity contribution in [3.63, 3.8) is 0 Å². The van der Waals surface area contributed by atoms with Crippen LogP contribution in [0.2, 0.25) is 0 Å². The SMILES string of the molecule is CC[C@H]1[C@H](C(=O)O)N(C(=O)N(c2ccccc2)c2ccccc2)C[C@@H](C)N1C(=O)N(c1ccccc1)c1ccccc1. The van der Waals surface area contributed by atoms with Gasteiger partial charge in [-0.2, -0.15) is 0 Å². The molecule has 1 aliphatic heterocycles. The summed E-state index contributed by atoms with van der Waals surface area (Å²) in [5.41, 5.74) is 2.58. The third-order valence-electron chi connectivity index (χ3n) is 7.57. The Labute approximate surface area is 246 Å². The molecule has 214 valence electrons. The van der Waals surface area contributed by atoms with Crippen molar-refractivity contribution in [3.05, 3.63) is 121 Å². The molecule has 3 atom stereocenters. The van der Waals surface area contributed by atoms with Crippen molar-refractivity contribution < 1.29 is 19.5 Å². The van der Waals surface area contributed by atoms with E-state index in [1.165, 1.54) is 9.80 Å². The largest absolute Gasteiger partial charge is 0.480 e. The number of carboxylic acid groups (broad SMARTS) is 1. The van der Waals surface area contributed by atoms with E-state index in [2.05, 4.69) is 0 Å². The number of anilines is 4. The molecule has 0 radical (unpaired) electrons. The highest BCUT2D eigenvalue weighted by molar-refractivity contribution is 6.03. The number of carbonyl (C=O) groups is 3. The number of piperazine rings is 1. The van der Waals surface area contributed by atoms with Gasteiger partial charge in [-0.05, 0) is 61.9 Å². The van der Waals surface area contributed by atoms with Crippen LogP contribution in [-0.4, -0.2) is 57.6 Å². The predicted molar refractivity (Wildman–Crippen MR) is 164 cm³/mol. The van der Waals surface area contributed by atoms with E-state index in [-0.39, 0.29) is 12.6 Å². The molecule has 5 rings (SSSR count). The molecule has 0 bridgehead atoms. The average molecular weight is 563 g/mol. The van der Waals surface area contributed by atoms with Crippen LogP contribution in [0.4, 0.5) is 32.3 Å². The number of carboxylic acids is 1. The highest BCUT2D eigenvalue weighted by Crippen LogP contribution is 2.34. The summed E-state index contributed by atoms with van der Waals surface area (Å²) in [5, 5.41) is 10.6. The quantitative estimate of drug-likeness (QED) is 0.271. The van der Waals surface area contributed by atoms with E-state index in [0.717, 1.165) is 0 Å². The standard InChI is InChI=1S/C34H34N4O4/c1-3-30-31(32(39)40)35(33(41)37(26-16-8-4-9-17-26)27-18-10-5-11-19-27)24-25(2)36(30)34(42)38(28-20-12-6-13-21-28)29-22-14-7-15-23-29/h4-23,25,30-31H,3,24H2,1-2H3,(H,39,40)/t25-,30+,31-/m1/s1. The minimum Gasteiger partial charge on any atom is -0.480 e. The normalized spacial score (nSPS) is 18.3. The number of carbonyl (C=O) groups excluding carboxylic acids is 2. The van der Waals surface area contributed by atoms with E-state index in [0.29, 0.717) is 29.2 Å². The van der Waals surface area contributed by atoms with Gasteiger partial charge >= 0.3 is 18.0 Å². The zero-order chi connectivity index (χ0) is 29.6. The number of hydrogen-bond donors (Lipinski definition) is 1. The number of aliphatic carboxylic acids is 1. The molecule has 1 saturated heterocycles. The lowest BCUT2D eigenvalue weighted by atomic mass is 9.95. The first-order valence-corrected chi connectivity index (χ1v) is 14.1. The van der Waals surface area contributed by atoms with E-state index in [1.807, 2.05) is 135 Å². The molecule has 1 heterocycles. The van der Waals surface area contributed by atoms with Crippen LogP contribution in [0.5, 0.6) is 0 Å². The summed E-state index contributed by atoms with van der Waals surface area (Å²) >= 11 is 0. The van der Waals surface area contributed by atoms with Crippen LogP contribution in [0, 0.1) is 0 Å². The number of benzene rings is 4. The number of para-hydroxylation sites is 4. The fraction of sp³-hybridized carbons (Fsp3) is 0.206. The van der Waals surface area contributed by atoms with Gasteiger partial charge in [0.15, 0.2) is 6.04 Å². The Morgan fingerprint density at radius 2 is 1.02 bits per heavy atom. The molecule has 1 aliphatic rings. The van der Waals surface area contributed by atoms with Gasteiger partial charge in [0.05, 0.1) is 28.8 Å². The molecule has 0 spiro atoms. The second-order valence-electron chi connectivity index (χ2n) is 10.2. The van der Waals surface area contributed by atoms with Gasteiger partial charge in [-0.25, -0.2) is 14.4 Å². The summed E-state index contributed by atoms with van der Waals surface area (Å²) in [7, 11) is 0. The van der Waals surface area contributed by atoms with Gasteiger partial charge in [0.1, 0.15) is 0 Å². The van der Waals surface area contributed by atoms with Crippen LogP contribution in [0.15, 0.2) is 121 Å². The molecule has 1 N–H and O–H groups in total. The number of nitrogens with zero attached hydrogens (tertiary/aromatic N) is 4. The lowest BCUT2D eigenvalue weighted by Crippen LogP contribution is -2.70. The fourth-order valence-corrected chi connectivity index (χ4v) is 5.71. The first kappa shape index (κ1) is 28.4. The topological polar surface area (TPSA) is 84.4 Å². The van der Waals surface area contributed by atoms with Gasteiger partial charge in [0.2, 0.25) is 0 Å². The molecule has 8 heteroatoms. The molecule has 4 aromatic carbocycles. The molecular weight excluding hydrogens is 528 g/mol. The monoisotopic (exact) mass is 562 g/mol. The fourth-order valence-electron chi connectivity index (χ4n) is 5.71. The molecule has 8 nitrogen and oxygen atoms in total. The third-order valence-corrected chi connectivity index (χ3v) is 7.57. The van der Waals surface area contributed by atoms with E-state index in [9.17, 15) is 19.5 Å². The maximum absolute atomic E-state index is 14.4. The van der Waals surface area contributed by atoms with Gasteiger partial charge in [0, 0.05) is 12.6 Å². The number of rotatable bonds is 6. The maximum Gasteiger partial charge on any atom is 0.329 e. The van der Waals surface area contributed by atoms with E-state index in [4.69, 9.17) is 0 Å². The molecule has 0 aliphatic carbocycles. The van der Waals surface area contributed by atoms with E-state index >= 15 is 0 Å². The van der Waals surface area contributed by atoms with Gasteiger partial charge < -0.3 is 14.9 Å². The zero-order valence-electron chi connectivity index (χ0n) is 23.7. The minimum absolute atomic E-state index is 0.0472. The summed E-state index contributed by atoms with van der Waals surface area (Å²) < 4.78 is 0. The molecule has 4 aromatic rings. The van der Waals surface area contributed by atoms with Gasteiger partial charge in [-0.1, -0.05) is 79.7 Å². The Hall–Kier alpha value is -5.11. The Morgan fingerprint density at radius 3 is 1.36 bits per heavy atom. The van der Waals surface area contributed by atoms with Crippen molar-refractivity contribution in [1.82, 2.24) is 9.80 Å². The van der Waals surface area contributed by atoms with E-state index < -0.39 is 30.1 Å². The summed E-state index contributed by atoms with van der Waals surface area (Å²) in [4.78, 5) is 47.9. The van der Waals surface area contributed by atoms with Crippen LogP contribution < -0.4 is 9.80 Å². The highest BCUT2D eigenvalue weighted by atomic mass is 16.4. The van der Waals surface area contributed by atoms with Crippen molar-refractivity contribution in [1.29, 1.82) is 0 Å². The lowest BCUT2D eigenvalue weighted by Gasteiger charge is -2.50. The van der Waals surface area contributed by atoms with Crippen LogP contribution in [0.25, 0.3) is 0 Å². The molecule has 4 amide bonds. The highest BCUT2D eigenvalue weighted by Gasteiger charge is 2.49. The summed E-state index contributed by atoms with van der Waals surface area (Å²) in [5.74, 6) is -1.16. The Balaban J connectivity index is 1.55. The molecule has 0 saturated carbocycles. The summed E-state index contributed by atoms with van der Waals surface area (Å²) in [6, 6.07) is 33.6. The Bertz CT molecular complexity index is 1420. The van der Waals surface area contributed by atoms with Crippen molar-refractivity contribution in [3.8, 4) is 0 Å². The molecule has 1 fully saturated rings. The Kier molecular flexibility index (Phi) is 8.52. The van der Waals surface area contributed by atoms with Crippen LogP contribution >= 0.6 is 0 Å². The molecule has 42 heavy (non-hydrogen) atoms. The van der Waals surface area contributed by atoms with Crippen LogP contribution in [0.3, 0.4) is 0 Å². The average Bonchev–Trinajstić information content (AvgIpc) is 3.02. The van der Waals surface area contributed by atoms with Gasteiger partial charge in [-0.3, -0.25) is 9.80 Å². The predicted octanol–water partition coefficient (Wildman–Crippen LogP) is 7.14. The number of urea groups is 2. The number of hydrogen-bond acceptors (Lipinski definition) is 3. The van der Waals surface area contributed by atoms with Crippen LogP contribution in [0.1, 0.15) is 20.3 Å². The van der Waals surface area contributed by atoms with Gasteiger partial charge in [-0.15, -0.1) is 0 Å². The summed E-state index contributed by atoms with van der Waals surface area (Å²) in [6.07, 6.45) is 0.338. The maximum atomic E-state index is 14.4. The Morgan fingerprint density at radius 1 is 0.667 bits per heavy atom. The third kappa shape index (κ3) is 5.56. The second-order valence-corrected chi connectivity index (χ2v) is 10.2. The van der Waals surface area contributed by atoms with Gasteiger partial charge in [0.25, 0.3) is 0 Å². The van der Waals surface area contributed by atoms with Crippen molar-refractivity contribution in [2.45, 2.75) is 38.4 Å².